The molecule has 0 N–H and O–H groups in total. The van der Waals surface area contributed by atoms with Crippen LogP contribution in [0, 0.1) is 6.92 Å². The fourth-order valence-electron chi connectivity index (χ4n) is 4.02. The van der Waals surface area contributed by atoms with Gasteiger partial charge in [0.15, 0.2) is 0 Å². The number of likely N-dealkylation sites (N-methyl/N-ethyl adjacent to an activating group) is 1. The summed E-state index contributed by atoms with van der Waals surface area (Å²) in [6.45, 7) is 15.1. The Morgan fingerprint density at radius 3 is 2.29 bits per heavy atom. The van der Waals surface area contributed by atoms with Crippen molar-refractivity contribution >= 4 is 28.9 Å². The minimum atomic E-state index is 0.276. The predicted octanol–water partition coefficient (Wildman–Crippen LogP) is 9.82. The smallest absolute Gasteiger partial charge is 0.213 e. The van der Waals surface area contributed by atoms with Crippen molar-refractivity contribution in [2.45, 2.75) is 73.8 Å². The van der Waals surface area contributed by atoms with Crippen molar-refractivity contribution in [3.63, 3.8) is 0 Å². The average molecular weight is 559 g/mol. The molecule has 3 aromatic rings. The summed E-state index contributed by atoms with van der Waals surface area (Å²) >= 11 is 12.9. The van der Waals surface area contributed by atoms with Crippen LogP contribution in [0.15, 0.2) is 58.7 Å². The first-order chi connectivity index (χ1) is 18.4. The summed E-state index contributed by atoms with van der Waals surface area (Å²) in [6, 6.07) is 9.36. The van der Waals surface area contributed by atoms with Gasteiger partial charge in [0.1, 0.15) is 18.1 Å². The largest absolute Gasteiger partial charge is 0.473 e. The Morgan fingerprint density at radius 2 is 1.74 bits per heavy atom. The molecule has 1 aliphatic rings. The van der Waals surface area contributed by atoms with Gasteiger partial charge in [0, 0.05) is 31.1 Å². The van der Waals surface area contributed by atoms with Crippen molar-refractivity contribution in [2.24, 2.45) is 0 Å². The van der Waals surface area contributed by atoms with E-state index in [9.17, 15) is 0 Å². The lowest BCUT2D eigenvalue weighted by Crippen LogP contribution is -2.21. The molecule has 4 rings (SSSR count). The highest BCUT2D eigenvalue weighted by Gasteiger charge is 2.33. The molecule has 5 nitrogen and oxygen atoms in total. The van der Waals surface area contributed by atoms with Gasteiger partial charge in [-0.2, -0.15) is 0 Å². The van der Waals surface area contributed by atoms with Crippen LogP contribution in [0.25, 0.3) is 11.3 Å². The van der Waals surface area contributed by atoms with Gasteiger partial charge in [-0.15, -0.1) is 0 Å². The van der Waals surface area contributed by atoms with Gasteiger partial charge < -0.3 is 14.2 Å². The van der Waals surface area contributed by atoms with Crippen LogP contribution in [-0.4, -0.2) is 23.7 Å². The van der Waals surface area contributed by atoms with E-state index in [1.54, 1.807) is 12.1 Å². The van der Waals surface area contributed by atoms with E-state index in [0.29, 0.717) is 33.1 Å². The molecule has 1 aliphatic carbocycles. The highest BCUT2D eigenvalue weighted by atomic mass is 35.5. The van der Waals surface area contributed by atoms with E-state index in [2.05, 4.69) is 42.3 Å². The minimum absolute atomic E-state index is 0.276. The number of ether oxygens (including phenoxy) is 1. The number of allylic oxidation sites excluding steroid dienone is 2. The summed E-state index contributed by atoms with van der Waals surface area (Å²) in [5, 5.41) is 5.39. The van der Waals surface area contributed by atoms with Crippen LogP contribution in [0.5, 0.6) is 5.88 Å². The van der Waals surface area contributed by atoms with Gasteiger partial charge in [0.05, 0.1) is 27.0 Å². The van der Waals surface area contributed by atoms with Crippen LogP contribution in [-0.2, 0) is 6.61 Å². The normalized spacial score (nSPS) is 12.9. The molecule has 0 amide bonds. The third kappa shape index (κ3) is 7.87. The maximum Gasteiger partial charge on any atom is 0.213 e. The molecular formula is C31H41Cl2N3O2. The number of aromatic nitrogens is 2. The van der Waals surface area contributed by atoms with Gasteiger partial charge in [-0.05, 0) is 57.4 Å². The lowest BCUT2D eigenvalue weighted by atomic mass is 10.0. The molecule has 0 saturated heterocycles. The fraction of sp³-hybridized carbons (Fsp3) is 0.419. The molecular weight excluding hydrogens is 517 g/mol. The maximum absolute atomic E-state index is 6.46. The lowest BCUT2D eigenvalue weighted by Gasteiger charge is -2.22. The van der Waals surface area contributed by atoms with E-state index in [-0.39, 0.29) is 6.61 Å². The topological polar surface area (TPSA) is 51.4 Å². The monoisotopic (exact) mass is 557 g/mol. The molecule has 1 saturated carbocycles. The minimum Gasteiger partial charge on any atom is -0.473 e. The van der Waals surface area contributed by atoms with Crippen molar-refractivity contribution in [3.8, 4) is 17.1 Å². The van der Waals surface area contributed by atoms with E-state index >= 15 is 0 Å². The molecule has 0 atom stereocenters. The third-order valence-corrected chi connectivity index (χ3v) is 6.58. The van der Waals surface area contributed by atoms with Gasteiger partial charge in [0.2, 0.25) is 5.88 Å². The molecule has 0 bridgehead atoms. The Bertz CT molecular complexity index is 1210. The summed E-state index contributed by atoms with van der Waals surface area (Å²) in [5.74, 6) is 1.76. The molecule has 1 fully saturated rings. The van der Waals surface area contributed by atoms with Crippen LogP contribution in [0.1, 0.15) is 77.3 Å². The predicted molar refractivity (Wildman–Crippen MR) is 162 cm³/mol. The zero-order chi connectivity index (χ0) is 28.2. The van der Waals surface area contributed by atoms with Gasteiger partial charge in [-0.3, -0.25) is 0 Å². The van der Waals surface area contributed by atoms with E-state index in [1.165, 1.54) is 5.57 Å². The molecule has 38 heavy (non-hydrogen) atoms. The number of pyridine rings is 1. The summed E-state index contributed by atoms with van der Waals surface area (Å²) in [6.07, 6.45) is 8.46. The van der Waals surface area contributed by atoms with Crippen molar-refractivity contribution in [3.05, 3.63) is 81.2 Å². The number of hydrogen-bond acceptors (Lipinski definition) is 5. The Labute approximate surface area is 238 Å². The zero-order valence-electron chi connectivity index (χ0n) is 23.9. The van der Waals surface area contributed by atoms with Crippen molar-refractivity contribution in [2.75, 3.05) is 18.5 Å². The molecule has 206 valence electrons. The lowest BCUT2D eigenvalue weighted by molar-refractivity contribution is 0.288. The molecule has 0 radical (unpaired) electrons. The molecule has 2 aromatic heterocycles. The Kier molecular flexibility index (Phi) is 12.9. The van der Waals surface area contributed by atoms with Crippen LogP contribution >= 0.6 is 23.2 Å². The standard InChI is InChI=1S/C27H29Cl2N3O2.2C2H6/c1-5-8-18(6-2)15-32(4)23-13-14-24(30-17(23)3)33-16-20-26(31-34-27(20)19-11-12-19)25-21(28)9-7-10-22(25)29;2*1-2/h5-10,13-14,19H,11-12,15-16H2,1-4H3;2*1-2H3/b8-5-,18-6+;;. The number of hydrogen-bond donors (Lipinski definition) is 0. The fourth-order valence-corrected chi connectivity index (χ4v) is 4.60. The number of nitrogens with zero attached hydrogens (tertiary/aromatic N) is 3. The number of halogens is 2. The molecule has 0 unspecified atom stereocenters. The van der Waals surface area contributed by atoms with Crippen LogP contribution in [0.4, 0.5) is 5.69 Å². The van der Waals surface area contributed by atoms with Gasteiger partial charge >= 0.3 is 0 Å². The second-order valence-corrected chi connectivity index (χ2v) is 9.32. The number of aryl methyl sites for hydroxylation is 1. The molecule has 0 aliphatic heterocycles. The Morgan fingerprint density at radius 1 is 1.08 bits per heavy atom. The van der Waals surface area contributed by atoms with Crippen LogP contribution in [0.2, 0.25) is 10.0 Å². The van der Waals surface area contributed by atoms with E-state index in [1.807, 2.05) is 59.7 Å². The molecule has 2 heterocycles. The summed E-state index contributed by atoms with van der Waals surface area (Å²) in [4.78, 5) is 6.88. The van der Waals surface area contributed by atoms with Crippen molar-refractivity contribution < 1.29 is 9.26 Å². The van der Waals surface area contributed by atoms with Crippen LogP contribution < -0.4 is 9.64 Å². The number of benzene rings is 1. The maximum atomic E-state index is 6.46. The molecule has 1 aromatic carbocycles. The summed E-state index contributed by atoms with van der Waals surface area (Å²) in [7, 11) is 2.07. The summed E-state index contributed by atoms with van der Waals surface area (Å²) < 4.78 is 11.9. The Balaban J connectivity index is 0.00000121. The van der Waals surface area contributed by atoms with Crippen molar-refractivity contribution in [1.29, 1.82) is 0 Å². The first-order valence-electron chi connectivity index (χ1n) is 13.4. The second-order valence-electron chi connectivity index (χ2n) is 8.51. The van der Waals surface area contributed by atoms with E-state index in [4.69, 9.17) is 37.4 Å². The first-order valence-corrected chi connectivity index (χ1v) is 14.2. The molecule has 7 heteroatoms. The highest BCUT2D eigenvalue weighted by Crippen LogP contribution is 2.46. The van der Waals surface area contributed by atoms with Crippen LogP contribution in [0.3, 0.4) is 0 Å². The zero-order valence-corrected chi connectivity index (χ0v) is 25.5. The quantitative estimate of drug-likeness (QED) is 0.245. The second kappa shape index (κ2) is 15.6. The average Bonchev–Trinajstić information content (AvgIpc) is 3.69. The first kappa shape index (κ1) is 31.5. The van der Waals surface area contributed by atoms with E-state index < -0.39 is 0 Å². The van der Waals surface area contributed by atoms with Gasteiger partial charge in [-0.1, -0.05) is 80.3 Å². The Hall–Kier alpha value is -2.76. The number of anilines is 1. The number of rotatable bonds is 9. The highest BCUT2D eigenvalue weighted by molar-refractivity contribution is 6.39. The van der Waals surface area contributed by atoms with E-state index in [0.717, 1.165) is 42.1 Å². The SMILES string of the molecule is C/C=C\C(=C/C)CN(C)c1ccc(OCc2c(-c3c(Cl)cccc3Cl)noc2C2CC2)nc1C.CC.CC. The third-order valence-electron chi connectivity index (χ3n) is 5.95. The van der Waals surface area contributed by atoms with Gasteiger partial charge in [-0.25, -0.2) is 4.98 Å². The van der Waals surface area contributed by atoms with Crippen molar-refractivity contribution in [1.82, 2.24) is 10.1 Å². The van der Waals surface area contributed by atoms with Gasteiger partial charge in [0.25, 0.3) is 0 Å². The molecule has 0 spiro atoms. The summed E-state index contributed by atoms with van der Waals surface area (Å²) in [5.41, 5.74) is 5.38.